The van der Waals surface area contributed by atoms with Crippen molar-refractivity contribution in [1.82, 2.24) is 0 Å². The van der Waals surface area contributed by atoms with Gasteiger partial charge < -0.3 is 14.7 Å². The molecule has 138 valence electrons. The van der Waals surface area contributed by atoms with Gasteiger partial charge >= 0.3 is 0 Å². The maximum Gasteiger partial charge on any atom is 0.143 e. The fourth-order valence-corrected chi connectivity index (χ4v) is 3.94. The summed E-state index contributed by atoms with van der Waals surface area (Å²) in [5.74, 6) is 0.00185. The first-order valence-corrected chi connectivity index (χ1v) is 9.50. The summed E-state index contributed by atoms with van der Waals surface area (Å²) >= 11 is 12.0. The summed E-state index contributed by atoms with van der Waals surface area (Å²) in [4.78, 5) is 6.18. The minimum Gasteiger partial charge on any atom is -0.506 e. The van der Waals surface area contributed by atoms with Gasteiger partial charge in [-0.05, 0) is 19.1 Å². The molecular formula is C20H23Cl2N2O2+. The van der Waals surface area contributed by atoms with E-state index in [2.05, 4.69) is 31.2 Å². The van der Waals surface area contributed by atoms with Crippen LogP contribution in [0, 0.1) is 0 Å². The number of phenols is 1. The van der Waals surface area contributed by atoms with Crippen molar-refractivity contribution in [3.8, 4) is 5.75 Å². The molecule has 1 fully saturated rings. The number of morpholine rings is 1. The number of hydrogen-bond acceptors (Lipinski definition) is 3. The molecular weight excluding hydrogens is 371 g/mol. The van der Waals surface area contributed by atoms with Crippen molar-refractivity contribution >= 4 is 29.4 Å². The van der Waals surface area contributed by atoms with Gasteiger partial charge in [-0.2, -0.15) is 0 Å². The maximum atomic E-state index is 10.1. The van der Waals surface area contributed by atoms with Gasteiger partial charge in [-0.25, -0.2) is 0 Å². The summed E-state index contributed by atoms with van der Waals surface area (Å²) in [7, 11) is 0. The van der Waals surface area contributed by atoms with Crippen molar-refractivity contribution < 1.29 is 14.7 Å². The maximum absolute atomic E-state index is 10.1. The Kier molecular flexibility index (Phi) is 6.54. The van der Waals surface area contributed by atoms with E-state index in [1.165, 1.54) is 16.5 Å². The molecule has 26 heavy (non-hydrogen) atoms. The molecule has 1 heterocycles. The van der Waals surface area contributed by atoms with Gasteiger partial charge in [0.25, 0.3) is 0 Å². The van der Waals surface area contributed by atoms with Crippen LogP contribution in [-0.4, -0.2) is 43.7 Å². The van der Waals surface area contributed by atoms with Crippen molar-refractivity contribution in [1.29, 1.82) is 0 Å². The molecule has 0 bridgehead atoms. The van der Waals surface area contributed by atoms with Crippen LogP contribution in [-0.2, 0) is 4.74 Å². The number of halogens is 2. The summed E-state index contributed by atoms with van der Waals surface area (Å²) in [6.07, 6.45) is 1.66. The van der Waals surface area contributed by atoms with E-state index in [9.17, 15) is 5.11 Å². The minimum absolute atomic E-state index is 0.00185. The zero-order chi connectivity index (χ0) is 18.5. The molecule has 0 spiro atoms. The van der Waals surface area contributed by atoms with E-state index in [0.717, 1.165) is 26.3 Å². The first kappa shape index (κ1) is 19.2. The molecule has 2 aromatic carbocycles. The Hall–Kier alpha value is -1.59. The third-order valence-electron chi connectivity index (χ3n) is 4.72. The molecule has 1 aliphatic rings. The number of aliphatic imine (C=N–C) groups is 1. The van der Waals surface area contributed by atoms with E-state index in [0.29, 0.717) is 10.6 Å². The highest BCUT2D eigenvalue weighted by atomic mass is 35.5. The molecule has 1 aliphatic heterocycles. The summed E-state index contributed by atoms with van der Waals surface area (Å²) < 4.78 is 5.52. The molecule has 3 rings (SSSR count). The Morgan fingerprint density at radius 2 is 1.85 bits per heavy atom. The molecule has 0 radical (unpaired) electrons. The largest absolute Gasteiger partial charge is 0.506 e. The number of hydrogen-bond donors (Lipinski definition) is 2. The number of quaternary nitrogens is 1. The highest BCUT2D eigenvalue weighted by molar-refractivity contribution is 6.36. The Labute approximate surface area is 164 Å². The second kappa shape index (κ2) is 8.87. The number of nitrogens with zero attached hydrogens (tertiary/aromatic N) is 1. The Bertz CT molecular complexity index is 762. The molecule has 0 unspecified atom stereocenters. The van der Waals surface area contributed by atoms with Gasteiger partial charge in [-0.1, -0.05) is 53.5 Å². The smallest absolute Gasteiger partial charge is 0.143 e. The molecule has 2 N–H and O–H groups in total. The molecule has 0 amide bonds. The van der Waals surface area contributed by atoms with Crippen LogP contribution in [0.4, 0.5) is 0 Å². The van der Waals surface area contributed by atoms with Crippen LogP contribution in [0.1, 0.15) is 24.1 Å². The van der Waals surface area contributed by atoms with Crippen LogP contribution in [0.5, 0.6) is 5.75 Å². The number of phenolic OH excluding ortho intramolecular Hbond substituents is 1. The van der Waals surface area contributed by atoms with Gasteiger partial charge in [0.1, 0.15) is 30.9 Å². The van der Waals surface area contributed by atoms with E-state index in [1.807, 2.05) is 6.07 Å². The lowest BCUT2D eigenvalue weighted by molar-refractivity contribution is -0.940. The van der Waals surface area contributed by atoms with Crippen LogP contribution in [0.2, 0.25) is 10.0 Å². The molecule has 2 atom stereocenters. The summed E-state index contributed by atoms with van der Waals surface area (Å²) in [5, 5.41) is 10.8. The van der Waals surface area contributed by atoms with Crippen LogP contribution < -0.4 is 4.90 Å². The van der Waals surface area contributed by atoms with Crippen molar-refractivity contribution in [2.75, 3.05) is 26.3 Å². The second-order valence-electron chi connectivity index (χ2n) is 6.50. The fraction of sp³-hybridized carbons (Fsp3) is 0.350. The predicted octanol–water partition coefficient (Wildman–Crippen LogP) is 3.16. The quantitative estimate of drug-likeness (QED) is 0.766. The van der Waals surface area contributed by atoms with E-state index in [-0.39, 0.29) is 22.9 Å². The van der Waals surface area contributed by atoms with E-state index in [4.69, 9.17) is 32.9 Å². The summed E-state index contributed by atoms with van der Waals surface area (Å²) in [6, 6.07) is 13.8. The van der Waals surface area contributed by atoms with Crippen molar-refractivity contribution in [2.24, 2.45) is 4.99 Å². The van der Waals surface area contributed by atoms with Gasteiger partial charge in [0.15, 0.2) is 0 Å². The standard InChI is InChI=1S/C20H22Cl2N2O2/c1-14(23-13-16-11-17(21)12-18(22)20(16)25)19(15-5-3-2-4-6-15)24-7-9-26-10-8-24/h2-6,11-14,19,25H,7-10H2,1H3/p+1/t14-,19+/m0/s1. The molecule has 0 aromatic heterocycles. The topological polar surface area (TPSA) is 46.3 Å². The lowest BCUT2D eigenvalue weighted by atomic mass is 9.98. The van der Waals surface area contributed by atoms with Crippen molar-refractivity contribution in [3.05, 3.63) is 63.6 Å². The van der Waals surface area contributed by atoms with Crippen LogP contribution in [0.15, 0.2) is 47.5 Å². The lowest BCUT2D eigenvalue weighted by Gasteiger charge is -2.33. The Morgan fingerprint density at radius 3 is 2.54 bits per heavy atom. The third-order valence-corrected chi connectivity index (χ3v) is 5.23. The monoisotopic (exact) mass is 393 g/mol. The molecule has 4 nitrogen and oxygen atoms in total. The molecule has 0 saturated carbocycles. The van der Waals surface area contributed by atoms with Gasteiger partial charge in [0, 0.05) is 22.4 Å². The molecule has 0 aliphatic carbocycles. The average Bonchev–Trinajstić information content (AvgIpc) is 2.65. The van der Waals surface area contributed by atoms with Gasteiger partial charge in [0.05, 0.1) is 18.2 Å². The van der Waals surface area contributed by atoms with E-state index < -0.39 is 0 Å². The molecule has 1 saturated heterocycles. The van der Waals surface area contributed by atoms with Gasteiger partial charge in [0.2, 0.25) is 0 Å². The van der Waals surface area contributed by atoms with Crippen LogP contribution >= 0.6 is 23.2 Å². The fourth-order valence-electron chi connectivity index (χ4n) is 3.43. The molecule has 6 heteroatoms. The van der Waals surface area contributed by atoms with Crippen molar-refractivity contribution in [2.45, 2.75) is 19.0 Å². The number of nitrogens with one attached hydrogen (secondary N) is 1. The third kappa shape index (κ3) is 4.57. The summed E-state index contributed by atoms with van der Waals surface area (Å²) in [6.45, 7) is 5.53. The number of ether oxygens (including phenoxy) is 1. The summed E-state index contributed by atoms with van der Waals surface area (Å²) in [5.41, 5.74) is 1.78. The SMILES string of the molecule is C[C@H](N=Cc1cc(Cl)cc(Cl)c1O)[C@H](c1ccccc1)[NH+]1CCOCC1. The zero-order valence-corrected chi connectivity index (χ0v) is 16.2. The van der Waals surface area contributed by atoms with Crippen molar-refractivity contribution in [3.63, 3.8) is 0 Å². The average molecular weight is 394 g/mol. The highest BCUT2D eigenvalue weighted by Gasteiger charge is 2.30. The van der Waals surface area contributed by atoms with Gasteiger partial charge in [-0.15, -0.1) is 0 Å². The number of rotatable bonds is 5. The number of benzene rings is 2. The second-order valence-corrected chi connectivity index (χ2v) is 7.35. The first-order chi connectivity index (χ1) is 12.6. The van der Waals surface area contributed by atoms with Crippen LogP contribution in [0.25, 0.3) is 0 Å². The Morgan fingerprint density at radius 1 is 1.15 bits per heavy atom. The van der Waals surface area contributed by atoms with E-state index in [1.54, 1.807) is 12.3 Å². The zero-order valence-electron chi connectivity index (χ0n) is 14.7. The van der Waals surface area contributed by atoms with Gasteiger partial charge in [-0.3, -0.25) is 4.99 Å². The predicted molar refractivity (Wildman–Crippen MR) is 106 cm³/mol. The first-order valence-electron chi connectivity index (χ1n) is 8.74. The lowest BCUT2D eigenvalue weighted by Crippen LogP contribution is -3.15. The molecule has 2 aromatic rings. The van der Waals surface area contributed by atoms with Crippen LogP contribution in [0.3, 0.4) is 0 Å². The Balaban J connectivity index is 1.87. The highest BCUT2D eigenvalue weighted by Crippen LogP contribution is 2.30. The minimum atomic E-state index is 0.00185. The van der Waals surface area contributed by atoms with E-state index >= 15 is 0 Å². The normalized spacial score (nSPS) is 18.1. The number of aromatic hydroxyl groups is 1.